The SMILES string of the molecule is Cc1nc(C)c(CCNCc2cc3ccncc3s2)s1. The molecule has 0 aliphatic rings. The highest BCUT2D eigenvalue weighted by molar-refractivity contribution is 7.19. The molecule has 1 N–H and O–H groups in total. The molecule has 20 heavy (non-hydrogen) atoms. The first-order valence-electron chi connectivity index (χ1n) is 6.68. The van der Waals surface area contributed by atoms with Crippen LogP contribution in [0.1, 0.15) is 20.5 Å². The first-order valence-corrected chi connectivity index (χ1v) is 8.32. The van der Waals surface area contributed by atoms with Crippen LogP contribution in [0.2, 0.25) is 0 Å². The van der Waals surface area contributed by atoms with Gasteiger partial charge >= 0.3 is 0 Å². The highest BCUT2D eigenvalue weighted by atomic mass is 32.1. The van der Waals surface area contributed by atoms with Gasteiger partial charge in [-0.15, -0.1) is 22.7 Å². The second kappa shape index (κ2) is 5.99. The number of rotatable bonds is 5. The van der Waals surface area contributed by atoms with E-state index in [2.05, 4.69) is 41.3 Å². The van der Waals surface area contributed by atoms with Crippen LogP contribution in [0.15, 0.2) is 24.5 Å². The molecular formula is C15H17N3S2. The van der Waals surface area contributed by atoms with Crippen LogP contribution in [-0.4, -0.2) is 16.5 Å². The van der Waals surface area contributed by atoms with Gasteiger partial charge in [-0.05, 0) is 37.8 Å². The number of aromatic nitrogens is 2. The van der Waals surface area contributed by atoms with E-state index in [1.54, 1.807) is 0 Å². The third-order valence-electron chi connectivity index (χ3n) is 3.20. The second-order valence-electron chi connectivity index (χ2n) is 4.79. The summed E-state index contributed by atoms with van der Waals surface area (Å²) in [6.45, 7) is 6.09. The number of fused-ring (bicyclic) bond motifs is 1. The molecular weight excluding hydrogens is 286 g/mol. The number of hydrogen-bond acceptors (Lipinski definition) is 5. The molecule has 0 saturated heterocycles. The Morgan fingerprint density at radius 1 is 1.25 bits per heavy atom. The number of nitrogens with zero attached hydrogens (tertiary/aromatic N) is 2. The summed E-state index contributed by atoms with van der Waals surface area (Å²) in [5.74, 6) is 0. The van der Waals surface area contributed by atoms with E-state index in [9.17, 15) is 0 Å². The van der Waals surface area contributed by atoms with Gasteiger partial charge in [-0.1, -0.05) is 0 Å². The zero-order valence-corrected chi connectivity index (χ0v) is 13.3. The molecule has 0 fully saturated rings. The predicted octanol–water partition coefficient (Wildman–Crippen LogP) is 3.70. The summed E-state index contributed by atoms with van der Waals surface area (Å²) in [5.41, 5.74) is 1.18. The quantitative estimate of drug-likeness (QED) is 0.730. The summed E-state index contributed by atoms with van der Waals surface area (Å²) in [6.07, 6.45) is 4.85. The average molecular weight is 303 g/mol. The van der Waals surface area contributed by atoms with E-state index in [4.69, 9.17) is 0 Å². The van der Waals surface area contributed by atoms with Crippen LogP contribution >= 0.6 is 22.7 Å². The molecule has 0 saturated carbocycles. The van der Waals surface area contributed by atoms with Gasteiger partial charge < -0.3 is 5.32 Å². The Labute approximate surface area is 126 Å². The van der Waals surface area contributed by atoms with Crippen molar-refractivity contribution in [3.63, 3.8) is 0 Å². The molecule has 0 radical (unpaired) electrons. The van der Waals surface area contributed by atoms with E-state index in [1.807, 2.05) is 35.1 Å². The van der Waals surface area contributed by atoms with Crippen LogP contribution in [0.5, 0.6) is 0 Å². The highest BCUT2D eigenvalue weighted by Gasteiger charge is 2.05. The van der Waals surface area contributed by atoms with Crippen molar-refractivity contribution < 1.29 is 0 Å². The fourth-order valence-corrected chi connectivity index (χ4v) is 4.18. The van der Waals surface area contributed by atoms with Crippen LogP contribution in [-0.2, 0) is 13.0 Å². The van der Waals surface area contributed by atoms with Gasteiger partial charge in [0, 0.05) is 35.2 Å². The highest BCUT2D eigenvalue weighted by Crippen LogP contribution is 2.24. The lowest BCUT2D eigenvalue weighted by Gasteiger charge is -2.01. The van der Waals surface area contributed by atoms with Crippen LogP contribution in [0.25, 0.3) is 10.1 Å². The summed E-state index contributed by atoms with van der Waals surface area (Å²) >= 11 is 3.62. The van der Waals surface area contributed by atoms with Crippen molar-refractivity contribution in [2.24, 2.45) is 0 Å². The number of hydrogen-bond donors (Lipinski definition) is 1. The molecule has 3 aromatic heterocycles. The van der Waals surface area contributed by atoms with Gasteiger partial charge in [0.05, 0.1) is 15.4 Å². The van der Waals surface area contributed by atoms with E-state index in [0.717, 1.165) is 24.5 Å². The lowest BCUT2D eigenvalue weighted by atomic mass is 10.3. The fourth-order valence-electron chi connectivity index (χ4n) is 2.25. The number of thiophene rings is 1. The molecule has 0 aromatic carbocycles. The third-order valence-corrected chi connectivity index (χ3v) is 5.42. The molecule has 0 spiro atoms. The van der Waals surface area contributed by atoms with Gasteiger partial charge in [-0.25, -0.2) is 4.98 Å². The Morgan fingerprint density at radius 2 is 2.15 bits per heavy atom. The Balaban J connectivity index is 1.53. The maximum absolute atomic E-state index is 4.46. The normalized spacial score (nSPS) is 11.3. The average Bonchev–Trinajstić information content (AvgIpc) is 2.97. The maximum atomic E-state index is 4.46. The van der Waals surface area contributed by atoms with E-state index < -0.39 is 0 Å². The molecule has 0 atom stereocenters. The number of thiazole rings is 1. The summed E-state index contributed by atoms with van der Waals surface area (Å²) in [5, 5.41) is 5.97. The molecule has 3 rings (SSSR count). The second-order valence-corrected chi connectivity index (χ2v) is 7.25. The Bertz CT molecular complexity index is 682. The van der Waals surface area contributed by atoms with Crippen LogP contribution in [0, 0.1) is 13.8 Å². The monoisotopic (exact) mass is 303 g/mol. The summed E-state index contributed by atoms with van der Waals surface area (Å²) in [7, 11) is 0. The van der Waals surface area contributed by atoms with Crippen molar-refractivity contribution >= 4 is 32.8 Å². The molecule has 0 aliphatic heterocycles. The minimum atomic E-state index is 0.927. The van der Waals surface area contributed by atoms with Crippen molar-refractivity contribution in [2.45, 2.75) is 26.8 Å². The predicted molar refractivity (Wildman–Crippen MR) is 86.6 cm³/mol. The Hall–Kier alpha value is -1.30. The molecule has 3 nitrogen and oxygen atoms in total. The molecule has 0 amide bonds. The zero-order chi connectivity index (χ0) is 13.9. The zero-order valence-electron chi connectivity index (χ0n) is 11.6. The molecule has 0 aliphatic carbocycles. The first kappa shape index (κ1) is 13.7. The topological polar surface area (TPSA) is 37.8 Å². The molecule has 104 valence electrons. The van der Waals surface area contributed by atoms with Gasteiger partial charge in [-0.3, -0.25) is 4.98 Å². The Kier molecular flexibility index (Phi) is 4.10. The minimum absolute atomic E-state index is 0.927. The minimum Gasteiger partial charge on any atom is -0.311 e. The number of pyridine rings is 1. The van der Waals surface area contributed by atoms with E-state index in [1.165, 1.54) is 25.5 Å². The lowest BCUT2D eigenvalue weighted by Crippen LogP contribution is -2.15. The number of aryl methyl sites for hydroxylation is 2. The van der Waals surface area contributed by atoms with Gasteiger partial charge in [0.1, 0.15) is 0 Å². The van der Waals surface area contributed by atoms with Crippen molar-refractivity contribution in [3.05, 3.63) is 45.0 Å². The molecule has 3 heterocycles. The van der Waals surface area contributed by atoms with Gasteiger partial charge in [-0.2, -0.15) is 0 Å². The van der Waals surface area contributed by atoms with Crippen LogP contribution < -0.4 is 5.32 Å². The molecule has 3 aromatic rings. The van der Waals surface area contributed by atoms with Crippen molar-refractivity contribution in [1.29, 1.82) is 0 Å². The first-order chi connectivity index (χ1) is 9.72. The summed E-state index contributed by atoms with van der Waals surface area (Å²) in [6, 6.07) is 4.32. The smallest absolute Gasteiger partial charge is 0.0900 e. The fraction of sp³-hybridized carbons (Fsp3) is 0.333. The standard InChI is InChI=1S/C15H17N3S2/c1-10-14(19-11(2)18-10)4-6-16-8-13-7-12-3-5-17-9-15(12)20-13/h3,5,7,9,16H,4,6,8H2,1-2H3. The van der Waals surface area contributed by atoms with Crippen LogP contribution in [0.3, 0.4) is 0 Å². The van der Waals surface area contributed by atoms with Crippen LogP contribution in [0.4, 0.5) is 0 Å². The molecule has 0 unspecified atom stereocenters. The largest absolute Gasteiger partial charge is 0.311 e. The van der Waals surface area contributed by atoms with E-state index in [-0.39, 0.29) is 0 Å². The van der Waals surface area contributed by atoms with E-state index >= 15 is 0 Å². The van der Waals surface area contributed by atoms with E-state index in [0.29, 0.717) is 0 Å². The summed E-state index contributed by atoms with van der Waals surface area (Å²) in [4.78, 5) is 11.4. The maximum Gasteiger partial charge on any atom is 0.0900 e. The van der Waals surface area contributed by atoms with Gasteiger partial charge in [0.2, 0.25) is 0 Å². The van der Waals surface area contributed by atoms with Gasteiger partial charge in [0.25, 0.3) is 0 Å². The van der Waals surface area contributed by atoms with Crippen molar-refractivity contribution in [3.8, 4) is 0 Å². The number of nitrogens with one attached hydrogen (secondary N) is 1. The molecule has 5 heteroatoms. The lowest BCUT2D eigenvalue weighted by molar-refractivity contribution is 0.696. The van der Waals surface area contributed by atoms with Crippen molar-refractivity contribution in [2.75, 3.05) is 6.54 Å². The van der Waals surface area contributed by atoms with Gasteiger partial charge in [0.15, 0.2) is 0 Å². The molecule has 0 bridgehead atoms. The van der Waals surface area contributed by atoms with Crippen molar-refractivity contribution in [1.82, 2.24) is 15.3 Å². The summed E-state index contributed by atoms with van der Waals surface area (Å²) < 4.78 is 1.26. The third kappa shape index (κ3) is 3.06. The Morgan fingerprint density at radius 3 is 2.90 bits per heavy atom.